The van der Waals surface area contributed by atoms with E-state index in [2.05, 4.69) is 16.0 Å². The molecule has 3 rings (SSSR count). The smallest absolute Gasteiger partial charge is 0.191 e. The Hall–Kier alpha value is -2.07. The van der Waals surface area contributed by atoms with Gasteiger partial charge in [0.15, 0.2) is 6.79 Å². The molecule has 1 atom stereocenters. The van der Waals surface area contributed by atoms with Crippen molar-refractivity contribution in [3.63, 3.8) is 0 Å². The summed E-state index contributed by atoms with van der Waals surface area (Å²) in [6.07, 6.45) is 7.14. The zero-order valence-corrected chi connectivity index (χ0v) is 12.0. The van der Waals surface area contributed by atoms with Crippen LogP contribution < -0.4 is 9.64 Å². The van der Waals surface area contributed by atoms with Crippen LogP contribution in [0.15, 0.2) is 54.9 Å². The van der Waals surface area contributed by atoms with Gasteiger partial charge in [0, 0.05) is 12.7 Å². The summed E-state index contributed by atoms with van der Waals surface area (Å²) >= 11 is 0. The molecule has 0 amide bonds. The molecule has 0 bridgehead atoms. The Morgan fingerprint density at radius 2 is 2.00 bits per heavy atom. The molecule has 1 saturated heterocycles. The highest BCUT2D eigenvalue weighted by Crippen LogP contribution is 2.24. The first-order valence-electron chi connectivity index (χ1n) is 7.39. The molecule has 1 aliphatic rings. The molecular weight excluding hydrogens is 264 g/mol. The minimum absolute atomic E-state index is 0.0617. The first kappa shape index (κ1) is 13.9. The van der Waals surface area contributed by atoms with Crippen LogP contribution in [0.1, 0.15) is 19.3 Å². The van der Waals surface area contributed by atoms with Gasteiger partial charge in [-0.15, -0.1) is 0 Å². The molecule has 21 heavy (non-hydrogen) atoms. The lowest BCUT2D eigenvalue weighted by Gasteiger charge is -2.36. The average molecular weight is 284 g/mol. The molecule has 110 valence electrons. The Bertz CT molecular complexity index is 533. The molecule has 4 nitrogen and oxygen atoms in total. The van der Waals surface area contributed by atoms with Crippen LogP contribution in [0.25, 0.3) is 0 Å². The fraction of sp³-hybridized carbons (Fsp3) is 0.353. The maximum absolute atomic E-state index is 5.93. The van der Waals surface area contributed by atoms with Crippen molar-refractivity contribution >= 4 is 5.69 Å². The third-order valence-electron chi connectivity index (χ3n) is 3.65. The SMILES string of the molecule is c1ccc(OCOC2CCCCN2c2cccnc2)cc1. The fourth-order valence-corrected chi connectivity index (χ4v) is 2.59. The average Bonchev–Trinajstić information content (AvgIpc) is 2.57. The summed E-state index contributed by atoms with van der Waals surface area (Å²) < 4.78 is 11.6. The minimum atomic E-state index is 0.0617. The van der Waals surface area contributed by atoms with E-state index >= 15 is 0 Å². The van der Waals surface area contributed by atoms with E-state index < -0.39 is 0 Å². The normalized spacial score (nSPS) is 18.5. The number of hydrogen-bond donors (Lipinski definition) is 0. The Morgan fingerprint density at radius 3 is 2.81 bits per heavy atom. The van der Waals surface area contributed by atoms with Crippen LogP contribution in [0.3, 0.4) is 0 Å². The number of para-hydroxylation sites is 1. The molecule has 2 aromatic rings. The molecule has 0 radical (unpaired) electrons. The number of benzene rings is 1. The molecule has 0 N–H and O–H groups in total. The number of rotatable bonds is 5. The molecule has 0 spiro atoms. The van der Waals surface area contributed by atoms with Crippen LogP contribution in [0, 0.1) is 0 Å². The summed E-state index contributed by atoms with van der Waals surface area (Å²) in [4.78, 5) is 6.46. The lowest BCUT2D eigenvalue weighted by Crippen LogP contribution is -2.42. The van der Waals surface area contributed by atoms with Crippen molar-refractivity contribution < 1.29 is 9.47 Å². The number of nitrogens with zero attached hydrogens (tertiary/aromatic N) is 2. The van der Waals surface area contributed by atoms with Crippen molar-refractivity contribution in [1.29, 1.82) is 0 Å². The highest BCUT2D eigenvalue weighted by Gasteiger charge is 2.23. The fourth-order valence-electron chi connectivity index (χ4n) is 2.59. The van der Waals surface area contributed by atoms with Gasteiger partial charge in [0.25, 0.3) is 0 Å². The van der Waals surface area contributed by atoms with Crippen LogP contribution in [0.4, 0.5) is 5.69 Å². The highest BCUT2D eigenvalue weighted by molar-refractivity contribution is 5.44. The molecular formula is C17H20N2O2. The van der Waals surface area contributed by atoms with Gasteiger partial charge >= 0.3 is 0 Å². The summed E-state index contributed by atoms with van der Waals surface area (Å²) in [5.74, 6) is 0.834. The zero-order valence-electron chi connectivity index (χ0n) is 12.0. The van der Waals surface area contributed by atoms with Crippen LogP contribution in [-0.2, 0) is 4.74 Å². The maximum atomic E-state index is 5.93. The summed E-state index contributed by atoms with van der Waals surface area (Å²) in [6, 6.07) is 13.8. The second kappa shape index (κ2) is 7.09. The summed E-state index contributed by atoms with van der Waals surface area (Å²) in [7, 11) is 0. The molecule has 2 heterocycles. The van der Waals surface area contributed by atoms with E-state index in [1.54, 1.807) is 6.20 Å². The standard InChI is InChI=1S/C17H20N2O2/c1-2-8-16(9-3-1)20-14-21-17-10-4-5-12-19(17)15-7-6-11-18-13-15/h1-3,6-9,11,13,17H,4-5,10,12,14H2. The van der Waals surface area contributed by atoms with E-state index in [4.69, 9.17) is 9.47 Å². The van der Waals surface area contributed by atoms with Crippen molar-refractivity contribution in [2.45, 2.75) is 25.5 Å². The third-order valence-corrected chi connectivity index (χ3v) is 3.65. The number of piperidine rings is 1. The Balaban J connectivity index is 1.57. The van der Waals surface area contributed by atoms with Crippen LogP contribution in [-0.4, -0.2) is 24.5 Å². The van der Waals surface area contributed by atoms with E-state index in [0.29, 0.717) is 0 Å². The molecule has 1 aromatic carbocycles. The molecule has 1 aliphatic heterocycles. The molecule has 4 heteroatoms. The number of anilines is 1. The lowest BCUT2D eigenvalue weighted by atomic mass is 10.1. The largest absolute Gasteiger partial charge is 0.467 e. The quantitative estimate of drug-likeness (QED) is 0.788. The van der Waals surface area contributed by atoms with Gasteiger partial charge in [-0.1, -0.05) is 18.2 Å². The zero-order chi connectivity index (χ0) is 14.3. The van der Waals surface area contributed by atoms with Gasteiger partial charge in [-0.05, 0) is 43.5 Å². The van der Waals surface area contributed by atoms with Gasteiger partial charge < -0.3 is 14.4 Å². The predicted octanol–water partition coefficient (Wildman–Crippen LogP) is 3.45. The molecule has 0 aliphatic carbocycles. The second-order valence-corrected chi connectivity index (χ2v) is 5.10. The second-order valence-electron chi connectivity index (χ2n) is 5.10. The summed E-state index contributed by atoms with van der Waals surface area (Å²) in [5.41, 5.74) is 1.11. The Morgan fingerprint density at radius 1 is 1.10 bits per heavy atom. The van der Waals surface area contributed by atoms with Gasteiger partial charge in [0.2, 0.25) is 0 Å². The molecule has 1 unspecified atom stereocenters. The molecule has 1 fully saturated rings. The van der Waals surface area contributed by atoms with Crippen molar-refractivity contribution in [1.82, 2.24) is 4.98 Å². The van der Waals surface area contributed by atoms with Crippen molar-refractivity contribution in [2.24, 2.45) is 0 Å². The Kier molecular flexibility index (Phi) is 4.69. The number of hydrogen-bond acceptors (Lipinski definition) is 4. The van der Waals surface area contributed by atoms with Crippen molar-refractivity contribution in [2.75, 3.05) is 18.2 Å². The van der Waals surface area contributed by atoms with Gasteiger partial charge in [0.1, 0.15) is 12.0 Å². The van der Waals surface area contributed by atoms with E-state index in [9.17, 15) is 0 Å². The maximum Gasteiger partial charge on any atom is 0.191 e. The van der Waals surface area contributed by atoms with Crippen LogP contribution in [0.2, 0.25) is 0 Å². The molecule has 0 saturated carbocycles. The summed E-state index contributed by atoms with van der Waals surface area (Å²) in [6.45, 7) is 1.27. The van der Waals surface area contributed by atoms with Crippen molar-refractivity contribution in [3.05, 3.63) is 54.9 Å². The minimum Gasteiger partial charge on any atom is -0.467 e. The third kappa shape index (κ3) is 3.73. The number of aromatic nitrogens is 1. The number of ether oxygens (including phenoxy) is 2. The van der Waals surface area contributed by atoms with Gasteiger partial charge in [-0.2, -0.15) is 0 Å². The Labute approximate surface area is 125 Å². The summed E-state index contributed by atoms with van der Waals surface area (Å²) in [5, 5.41) is 0. The van der Waals surface area contributed by atoms with E-state index in [1.807, 2.05) is 42.6 Å². The highest BCUT2D eigenvalue weighted by atomic mass is 16.7. The topological polar surface area (TPSA) is 34.6 Å². The van der Waals surface area contributed by atoms with E-state index in [-0.39, 0.29) is 13.0 Å². The predicted molar refractivity (Wildman–Crippen MR) is 82.2 cm³/mol. The monoisotopic (exact) mass is 284 g/mol. The van der Waals surface area contributed by atoms with Crippen molar-refractivity contribution in [3.8, 4) is 5.75 Å². The first-order chi connectivity index (χ1) is 10.4. The van der Waals surface area contributed by atoms with Gasteiger partial charge in [0.05, 0.1) is 11.9 Å². The number of pyridine rings is 1. The van der Waals surface area contributed by atoms with Gasteiger partial charge in [-0.3, -0.25) is 4.98 Å². The molecule has 1 aromatic heterocycles. The van der Waals surface area contributed by atoms with E-state index in [1.165, 1.54) is 12.8 Å². The van der Waals surface area contributed by atoms with Crippen LogP contribution in [0.5, 0.6) is 5.75 Å². The lowest BCUT2D eigenvalue weighted by molar-refractivity contribution is -0.0458. The van der Waals surface area contributed by atoms with Crippen LogP contribution >= 0.6 is 0 Å². The van der Waals surface area contributed by atoms with Gasteiger partial charge in [-0.25, -0.2) is 0 Å². The first-order valence-corrected chi connectivity index (χ1v) is 7.39. The van der Waals surface area contributed by atoms with E-state index in [0.717, 1.165) is 24.4 Å².